The molecule has 0 atom stereocenters. The van der Waals surface area contributed by atoms with E-state index >= 15 is 0 Å². The molecule has 1 aromatic heterocycles. The van der Waals surface area contributed by atoms with E-state index in [1.807, 2.05) is 65.6 Å². The Morgan fingerprint density at radius 2 is 1.59 bits per heavy atom. The highest BCUT2D eigenvalue weighted by Gasteiger charge is 2.20. The second kappa shape index (κ2) is 9.01. The van der Waals surface area contributed by atoms with E-state index in [-0.39, 0.29) is 5.91 Å². The van der Waals surface area contributed by atoms with Gasteiger partial charge in [-0.3, -0.25) is 4.79 Å². The summed E-state index contributed by atoms with van der Waals surface area (Å²) >= 11 is 0. The number of carbonyl (C=O) groups excluding carboxylic acids is 1. The van der Waals surface area contributed by atoms with Crippen LogP contribution in [0.3, 0.4) is 0 Å². The maximum absolute atomic E-state index is 12.5. The van der Waals surface area contributed by atoms with E-state index in [0.29, 0.717) is 19.0 Å². The third kappa shape index (κ3) is 4.99. The van der Waals surface area contributed by atoms with E-state index in [1.54, 1.807) is 24.5 Å². The van der Waals surface area contributed by atoms with Gasteiger partial charge < -0.3 is 14.5 Å². The highest BCUT2D eigenvalue weighted by molar-refractivity contribution is 5.92. The number of nitrogens with zero attached hydrogens (tertiary/aromatic N) is 4. The summed E-state index contributed by atoms with van der Waals surface area (Å²) in [5.74, 6) is 2.24. The molecular weight excluding hydrogens is 364 g/mol. The van der Waals surface area contributed by atoms with Crippen LogP contribution in [0.1, 0.15) is 5.56 Å². The highest BCUT2D eigenvalue weighted by Crippen LogP contribution is 2.22. The van der Waals surface area contributed by atoms with E-state index < -0.39 is 0 Å². The zero-order chi connectivity index (χ0) is 19.9. The molecule has 0 unspecified atom stereocenters. The maximum Gasteiger partial charge on any atom is 0.246 e. The van der Waals surface area contributed by atoms with E-state index in [2.05, 4.69) is 14.9 Å². The number of para-hydroxylation sites is 1. The van der Waals surface area contributed by atoms with Gasteiger partial charge in [-0.15, -0.1) is 0 Å². The molecule has 1 fully saturated rings. The van der Waals surface area contributed by atoms with Gasteiger partial charge in [0.15, 0.2) is 0 Å². The Kier molecular flexibility index (Phi) is 5.81. The van der Waals surface area contributed by atoms with E-state index in [0.717, 1.165) is 30.2 Å². The quantitative estimate of drug-likeness (QED) is 0.627. The lowest BCUT2D eigenvalue weighted by molar-refractivity contribution is -0.126. The summed E-state index contributed by atoms with van der Waals surface area (Å²) in [6.45, 7) is 2.76. The Morgan fingerprint density at radius 1 is 0.862 bits per heavy atom. The topological polar surface area (TPSA) is 58.6 Å². The van der Waals surface area contributed by atoms with Gasteiger partial charge in [0.05, 0.1) is 0 Å². The lowest BCUT2D eigenvalue weighted by Crippen LogP contribution is -2.48. The van der Waals surface area contributed by atoms with E-state index in [9.17, 15) is 4.79 Å². The van der Waals surface area contributed by atoms with Crippen molar-refractivity contribution in [2.24, 2.45) is 0 Å². The standard InChI is InChI=1S/C23H22N4O2/c28-22(26-14-16-27(17-15-26)23-24-12-5-13-25-23)11-10-19-6-4-9-21(18-19)29-20-7-2-1-3-8-20/h1-13,18H,14-17H2/b11-10+. The van der Waals surface area contributed by atoms with Crippen LogP contribution in [0.2, 0.25) is 0 Å². The predicted octanol–water partition coefficient (Wildman–Crippen LogP) is 3.63. The lowest BCUT2D eigenvalue weighted by Gasteiger charge is -2.34. The van der Waals surface area contributed by atoms with Crippen LogP contribution in [0, 0.1) is 0 Å². The summed E-state index contributed by atoms with van der Waals surface area (Å²) in [5.41, 5.74) is 0.920. The van der Waals surface area contributed by atoms with Crippen molar-refractivity contribution in [2.45, 2.75) is 0 Å². The molecule has 4 rings (SSSR count). The molecule has 1 aliphatic heterocycles. The molecule has 6 nitrogen and oxygen atoms in total. The van der Waals surface area contributed by atoms with Crippen LogP contribution < -0.4 is 9.64 Å². The normalized spacial score (nSPS) is 14.2. The molecule has 0 radical (unpaired) electrons. The highest BCUT2D eigenvalue weighted by atomic mass is 16.5. The number of aromatic nitrogens is 2. The largest absolute Gasteiger partial charge is 0.457 e. The Balaban J connectivity index is 1.33. The first-order chi connectivity index (χ1) is 14.3. The third-order valence-electron chi connectivity index (χ3n) is 4.68. The number of hydrogen-bond acceptors (Lipinski definition) is 5. The van der Waals surface area contributed by atoms with E-state index in [1.165, 1.54) is 0 Å². The number of carbonyl (C=O) groups is 1. The summed E-state index contributed by atoms with van der Waals surface area (Å²) in [4.78, 5) is 25.0. The molecular formula is C23H22N4O2. The van der Waals surface area contributed by atoms with Crippen molar-refractivity contribution in [3.8, 4) is 11.5 Å². The summed E-state index contributed by atoms with van der Waals surface area (Å²) in [6.07, 6.45) is 6.92. The lowest BCUT2D eigenvalue weighted by atomic mass is 10.2. The fourth-order valence-electron chi connectivity index (χ4n) is 3.16. The minimum Gasteiger partial charge on any atom is -0.457 e. The fraction of sp³-hybridized carbons (Fsp3) is 0.174. The van der Waals surface area contributed by atoms with Gasteiger partial charge in [-0.1, -0.05) is 30.3 Å². The SMILES string of the molecule is O=C(/C=C/c1cccc(Oc2ccccc2)c1)N1CCN(c2ncccn2)CC1. The number of anilines is 1. The summed E-state index contributed by atoms with van der Waals surface area (Å²) < 4.78 is 5.85. The summed E-state index contributed by atoms with van der Waals surface area (Å²) in [7, 11) is 0. The molecule has 1 amide bonds. The Hall–Kier alpha value is -3.67. The van der Waals surface area contributed by atoms with Crippen molar-refractivity contribution in [1.29, 1.82) is 0 Å². The zero-order valence-corrected chi connectivity index (χ0v) is 16.0. The molecule has 0 saturated carbocycles. The summed E-state index contributed by atoms with van der Waals surface area (Å²) in [5, 5.41) is 0. The van der Waals surface area contributed by atoms with Gasteiger partial charge >= 0.3 is 0 Å². The van der Waals surface area contributed by atoms with Gasteiger partial charge in [-0.2, -0.15) is 0 Å². The van der Waals surface area contributed by atoms with Crippen molar-refractivity contribution in [1.82, 2.24) is 14.9 Å². The fourth-order valence-corrected chi connectivity index (χ4v) is 3.16. The summed E-state index contributed by atoms with van der Waals surface area (Å²) in [6, 6.07) is 19.1. The van der Waals surface area contributed by atoms with Crippen molar-refractivity contribution >= 4 is 17.9 Å². The minimum atomic E-state index is 0.00742. The predicted molar refractivity (Wildman–Crippen MR) is 113 cm³/mol. The first-order valence-corrected chi connectivity index (χ1v) is 9.60. The molecule has 2 heterocycles. The average molecular weight is 386 g/mol. The van der Waals surface area contributed by atoms with Crippen molar-refractivity contribution < 1.29 is 9.53 Å². The number of amides is 1. The Bertz CT molecular complexity index is 968. The van der Waals surface area contributed by atoms with E-state index in [4.69, 9.17) is 4.74 Å². The van der Waals surface area contributed by atoms with Gasteiger partial charge in [-0.05, 0) is 42.0 Å². The van der Waals surface area contributed by atoms with Gasteiger partial charge in [0.25, 0.3) is 0 Å². The number of hydrogen-bond donors (Lipinski definition) is 0. The monoisotopic (exact) mass is 386 g/mol. The average Bonchev–Trinajstić information content (AvgIpc) is 2.79. The molecule has 1 aliphatic rings. The Labute approximate surface area is 170 Å². The number of piperazine rings is 1. The van der Waals surface area contributed by atoms with Crippen LogP contribution in [0.4, 0.5) is 5.95 Å². The third-order valence-corrected chi connectivity index (χ3v) is 4.68. The Morgan fingerprint density at radius 3 is 2.34 bits per heavy atom. The first kappa shape index (κ1) is 18.7. The first-order valence-electron chi connectivity index (χ1n) is 9.60. The number of rotatable bonds is 5. The van der Waals surface area contributed by atoms with Crippen molar-refractivity contribution in [2.75, 3.05) is 31.1 Å². The maximum atomic E-state index is 12.5. The van der Waals surface area contributed by atoms with Crippen molar-refractivity contribution in [3.05, 3.63) is 84.7 Å². The van der Waals surface area contributed by atoms with Crippen LogP contribution in [0.15, 0.2) is 79.1 Å². The molecule has 1 saturated heterocycles. The molecule has 0 bridgehead atoms. The molecule has 2 aromatic carbocycles. The van der Waals surface area contributed by atoms with Crippen LogP contribution in [-0.4, -0.2) is 47.0 Å². The van der Waals surface area contributed by atoms with Crippen LogP contribution in [-0.2, 0) is 4.79 Å². The second-order valence-electron chi connectivity index (χ2n) is 6.68. The van der Waals surface area contributed by atoms with Gasteiger partial charge in [0.1, 0.15) is 11.5 Å². The van der Waals surface area contributed by atoms with Crippen LogP contribution in [0.25, 0.3) is 6.08 Å². The molecule has 6 heteroatoms. The molecule has 29 heavy (non-hydrogen) atoms. The van der Waals surface area contributed by atoms with Crippen LogP contribution in [0.5, 0.6) is 11.5 Å². The molecule has 0 N–H and O–H groups in total. The molecule has 3 aromatic rings. The van der Waals surface area contributed by atoms with Gasteiger partial charge in [0.2, 0.25) is 11.9 Å². The number of benzene rings is 2. The van der Waals surface area contributed by atoms with Crippen molar-refractivity contribution in [3.63, 3.8) is 0 Å². The second-order valence-corrected chi connectivity index (χ2v) is 6.68. The van der Waals surface area contributed by atoms with Gasteiger partial charge in [-0.25, -0.2) is 9.97 Å². The molecule has 146 valence electrons. The minimum absolute atomic E-state index is 0.00742. The molecule has 0 aliphatic carbocycles. The smallest absolute Gasteiger partial charge is 0.246 e. The van der Waals surface area contributed by atoms with Gasteiger partial charge in [0, 0.05) is 44.6 Å². The number of ether oxygens (including phenoxy) is 1. The molecule has 0 spiro atoms. The zero-order valence-electron chi connectivity index (χ0n) is 16.0. The van der Waals surface area contributed by atoms with Crippen LogP contribution >= 0.6 is 0 Å².